The maximum Gasteiger partial charge on any atom is 0.167 e. The summed E-state index contributed by atoms with van der Waals surface area (Å²) in [5, 5.41) is 3.96. The number of ether oxygens (including phenoxy) is 1. The van der Waals surface area contributed by atoms with E-state index in [1.54, 1.807) is 23.9 Å². The third-order valence-corrected chi connectivity index (χ3v) is 3.77. The Morgan fingerprint density at radius 2 is 2.28 bits per heavy atom. The van der Waals surface area contributed by atoms with Gasteiger partial charge in [0.2, 0.25) is 0 Å². The smallest absolute Gasteiger partial charge is 0.167 e. The van der Waals surface area contributed by atoms with Gasteiger partial charge in [-0.15, -0.1) is 0 Å². The molecule has 5 heteroatoms. The van der Waals surface area contributed by atoms with Crippen LogP contribution in [0.1, 0.15) is 20.8 Å². The lowest BCUT2D eigenvalue weighted by atomic mass is 10.1. The van der Waals surface area contributed by atoms with Crippen LogP contribution in [0.15, 0.2) is 23.2 Å². The summed E-state index contributed by atoms with van der Waals surface area (Å²) in [7, 11) is 0. The lowest BCUT2D eigenvalue weighted by molar-refractivity contribution is 0.321. The van der Waals surface area contributed by atoms with Gasteiger partial charge in [0.25, 0.3) is 0 Å². The molecule has 1 aromatic carbocycles. The minimum absolute atomic E-state index is 0.0448. The van der Waals surface area contributed by atoms with Crippen molar-refractivity contribution in [3.8, 4) is 5.75 Å². The molecule has 0 fully saturated rings. The largest absolute Gasteiger partial charge is 0.491 e. The lowest BCUT2D eigenvalue weighted by Gasteiger charge is -2.10. The molecule has 98 valence electrons. The predicted octanol–water partition coefficient (Wildman–Crippen LogP) is 3.52. The zero-order chi connectivity index (χ0) is 13.2. The normalized spacial score (nSPS) is 17.4. The molecule has 0 bridgehead atoms. The first-order valence-electron chi connectivity index (χ1n) is 5.92. The SMILES string of the molecule is CCOc1ccc(NC2=NC(C)(C)CS2)cc1F. The second-order valence-electron chi connectivity index (χ2n) is 4.72. The molecular weight excluding hydrogens is 251 g/mol. The van der Waals surface area contributed by atoms with E-state index >= 15 is 0 Å². The van der Waals surface area contributed by atoms with Crippen LogP contribution in [0.2, 0.25) is 0 Å². The van der Waals surface area contributed by atoms with Crippen molar-refractivity contribution in [2.24, 2.45) is 4.99 Å². The van der Waals surface area contributed by atoms with Gasteiger partial charge in [-0.3, -0.25) is 4.99 Å². The average Bonchev–Trinajstić information content (AvgIpc) is 2.62. The van der Waals surface area contributed by atoms with Crippen molar-refractivity contribution in [2.75, 3.05) is 17.7 Å². The van der Waals surface area contributed by atoms with E-state index in [9.17, 15) is 4.39 Å². The lowest BCUT2D eigenvalue weighted by Crippen LogP contribution is -2.15. The van der Waals surface area contributed by atoms with Crippen molar-refractivity contribution in [3.63, 3.8) is 0 Å². The average molecular weight is 268 g/mol. The third-order valence-electron chi connectivity index (χ3n) is 2.45. The standard InChI is InChI=1S/C13H17FN2OS/c1-4-17-11-6-5-9(7-10(11)14)15-12-16-13(2,3)8-18-12/h5-7H,4,8H2,1-3H3,(H,15,16). The van der Waals surface area contributed by atoms with Gasteiger partial charge in [0.15, 0.2) is 16.7 Å². The molecule has 0 aromatic heterocycles. The Morgan fingerprint density at radius 3 is 2.83 bits per heavy atom. The molecule has 0 aliphatic carbocycles. The third kappa shape index (κ3) is 3.16. The van der Waals surface area contributed by atoms with E-state index in [1.165, 1.54) is 6.07 Å². The monoisotopic (exact) mass is 268 g/mol. The van der Waals surface area contributed by atoms with Crippen molar-refractivity contribution in [1.82, 2.24) is 0 Å². The van der Waals surface area contributed by atoms with Gasteiger partial charge in [0, 0.05) is 17.5 Å². The summed E-state index contributed by atoms with van der Waals surface area (Å²) in [4.78, 5) is 4.52. The number of nitrogens with one attached hydrogen (secondary N) is 1. The second kappa shape index (κ2) is 5.18. The van der Waals surface area contributed by atoms with Gasteiger partial charge in [-0.05, 0) is 32.9 Å². The molecule has 1 N–H and O–H groups in total. The first-order valence-corrected chi connectivity index (χ1v) is 6.91. The molecule has 1 aromatic rings. The van der Waals surface area contributed by atoms with Gasteiger partial charge in [-0.1, -0.05) is 11.8 Å². The van der Waals surface area contributed by atoms with Gasteiger partial charge in [0.1, 0.15) is 0 Å². The van der Waals surface area contributed by atoms with Crippen LogP contribution >= 0.6 is 11.8 Å². The fourth-order valence-electron chi connectivity index (χ4n) is 1.62. The molecule has 2 rings (SSSR count). The fraction of sp³-hybridized carbons (Fsp3) is 0.462. The molecule has 1 aliphatic rings. The van der Waals surface area contributed by atoms with Crippen LogP contribution < -0.4 is 10.1 Å². The van der Waals surface area contributed by atoms with Gasteiger partial charge >= 0.3 is 0 Å². The minimum atomic E-state index is -0.357. The molecular formula is C13H17FN2OS. The van der Waals surface area contributed by atoms with Gasteiger partial charge < -0.3 is 10.1 Å². The van der Waals surface area contributed by atoms with E-state index in [4.69, 9.17) is 4.74 Å². The highest BCUT2D eigenvalue weighted by Gasteiger charge is 2.25. The number of benzene rings is 1. The molecule has 0 saturated heterocycles. The molecule has 0 radical (unpaired) electrons. The van der Waals surface area contributed by atoms with Gasteiger partial charge in [-0.2, -0.15) is 0 Å². The van der Waals surface area contributed by atoms with E-state index in [0.717, 1.165) is 10.9 Å². The van der Waals surface area contributed by atoms with E-state index in [2.05, 4.69) is 24.2 Å². The number of amidine groups is 1. The number of hydrogen-bond donors (Lipinski definition) is 1. The molecule has 0 atom stereocenters. The van der Waals surface area contributed by atoms with Crippen molar-refractivity contribution in [2.45, 2.75) is 26.3 Å². The van der Waals surface area contributed by atoms with E-state index in [-0.39, 0.29) is 17.1 Å². The molecule has 0 spiro atoms. The van der Waals surface area contributed by atoms with Crippen LogP contribution in [0, 0.1) is 5.82 Å². The van der Waals surface area contributed by atoms with Crippen LogP contribution in [0.25, 0.3) is 0 Å². The number of rotatable bonds is 3. The molecule has 0 amide bonds. The number of aliphatic imine (C=N–C) groups is 1. The van der Waals surface area contributed by atoms with Crippen LogP contribution in [0.4, 0.5) is 10.1 Å². The fourth-order valence-corrected chi connectivity index (χ4v) is 2.68. The number of nitrogens with zero attached hydrogens (tertiary/aromatic N) is 1. The van der Waals surface area contributed by atoms with Gasteiger partial charge in [0.05, 0.1) is 12.1 Å². The Kier molecular flexibility index (Phi) is 3.80. The number of thioether (sulfide) groups is 1. The van der Waals surface area contributed by atoms with Crippen molar-refractivity contribution < 1.29 is 9.13 Å². The second-order valence-corrected chi connectivity index (χ2v) is 5.69. The first kappa shape index (κ1) is 13.2. The Bertz CT molecular complexity index is 474. The zero-order valence-electron chi connectivity index (χ0n) is 10.8. The Balaban J connectivity index is 2.09. The summed E-state index contributed by atoms with van der Waals surface area (Å²) in [5.41, 5.74) is 0.650. The highest BCUT2D eigenvalue weighted by Crippen LogP contribution is 2.28. The Morgan fingerprint density at radius 1 is 1.50 bits per heavy atom. The summed E-state index contributed by atoms with van der Waals surface area (Å²) >= 11 is 1.65. The number of halogens is 1. The highest BCUT2D eigenvalue weighted by atomic mass is 32.2. The topological polar surface area (TPSA) is 33.6 Å². The number of hydrogen-bond acceptors (Lipinski definition) is 4. The van der Waals surface area contributed by atoms with Gasteiger partial charge in [-0.25, -0.2) is 4.39 Å². The quantitative estimate of drug-likeness (QED) is 0.910. The van der Waals surface area contributed by atoms with E-state index in [1.807, 2.05) is 6.92 Å². The summed E-state index contributed by atoms with van der Waals surface area (Å²) < 4.78 is 18.8. The summed E-state index contributed by atoms with van der Waals surface area (Å²) in [6.07, 6.45) is 0. The first-order chi connectivity index (χ1) is 8.50. The highest BCUT2D eigenvalue weighted by molar-refractivity contribution is 8.14. The zero-order valence-corrected chi connectivity index (χ0v) is 11.6. The van der Waals surface area contributed by atoms with Crippen LogP contribution in [0.3, 0.4) is 0 Å². The summed E-state index contributed by atoms with van der Waals surface area (Å²) in [5.74, 6) is 0.864. The maximum atomic E-state index is 13.7. The van der Waals surface area contributed by atoms with E-state index in [0.29, 0.717) is 12.3 Å². The molecule has 0 saturated carbocycles. The van der Waals surface area contributed by atoms with Crippen molar-refractivity contribution in [3.05, 3.63) is 24.0 Å². The molecule has 0 unspecified atom stereocenters. The summed E-state index contributed by atoms with van der Waals surface area (Å²) in [6, 6.07) is 4.86. The minimum Gasteiger partial charge on any atom is -0.491 e. The molecule has 1 heterocycles. The van der Waals surface area contributed by atoms with Crippen LogP contribution in [-0.2, 0) is 0 Å². The predicted molar refractivity (Wildman–Crippen MR) is 75.2 cm³/mol. The molecule has 3 nitrogen and oxygen atoms in total. The molecule has 18 heavy (non-hydrogen) atoms. The van der Waals surface area contributed by atoms with Crippen molar-refractivity contribution >= 4 is 22.6 Å². The van der Waals surface area contributed by atoms with E-state index < -0.39 is 0 Å². The Labute approximate surface area is 111 Å². The maximum absolute atomic E-state index is 13.7. The van der Waals surface area contributed by atoms with Crippen LogP contribution in [-0.4, -0.2) is 23.1 Å². The summed E-state index contributed by atoms with van der Waals surface area (Å²) in [6.45, 7) is 6.44. The Hall–Kier alpha value is -1.23. The number of anilines is 1. The van der Waals surface area contributed by atoms with Crippen molar-refractivity contribution in [1.29, 1.82) is 0 Å². The van der Waals surface area contributed by atoms with Crippen LogP contribution in [0.5, 0.6) is 5.75 Å². The molecule has 1 aliphatic heterocycles.